The van der Waals surface area contributed by atoms with Gasteiger partial charge in [0.15, 0.2) is 11.5 Å². The van der Waals surface area contributed by atoms with Crippen molar-refractivity contribution in [1.82, 2.24) is 10.1 Å². The summed E-state index contributed by atoms with van der Waals surface area (Å²) in [5.74, 6) is 1.88. The lowest BCUT2D eigenvalue weighted by Gasteiger charge is -2.07. The number of anilines is 1. The highest BCUT2D eigenvalue weighted by molar-refractivity contribution is 9.10. The van der Waals surface area contributed by atoms with Crippen molar-refractivity contribution >= 4 is 27.5 Å². The third-order valence-corrected chi connectivity index (χ3v) is 4.52. The predicted molar refractivity (Wildman–Crippen MR) is 104 cm³/mol. The molecule has 3 rings (SSSR count). The summed E-state index contributed by atoms with van der Waals surface area (Å²) in [6.07, 6.45) is 0.575. The molecule has 3 aromatic rings. The number of hydrogen-bond donors (Lipinski definition) is 1. The van der Waals surface area contributed by atoms with Gasteiger partial charge in [0, 0.05) is 22.9 Å². The summed E-state index contributed by atoms with van der Waals surface area (Å²) in [4.78, 5) is 16.5. The molecule has 1 aromatic heterocycles. The van der Waals surface area contributed by atoms with Crippen molar-refractivity contribution in [3.8, 4) is 22.9 Å². The number of carbonyl (C=O) groups is 1. The van der Waals surface area contributed by atoms with Crippen molar-refractivity contribution in [2.24, 2.45) is 0 Å². The van der Waals surface area contributed by atoms with E-state index in [0.29, 0.717) is 29.6 Å². The third kappa shape index (κ3) is 4.65. The molecule has 1 N–H and O–H groups in total. The Balaban J connectivity index is 1.63. The van der Waals surface area contributed by atoms with Gasteiger partial charge in [-0.3, -0.25) is 4.79 Å². The molecular formula is C19H18BrN3O4. The zero-order chi connectivity index (χ0) is 19.2. The van der Waals surface area contributed by atoms with Crippen molar-refractivity contribution in [3.05, 3.63) is 52.8 Å². The molecule has 1 amide bonds. The van der Waals surface area contributed by atoms with Gasteiger partial charge >= 0.3 is 0 Å². The number of benzene rings is 2. The molecule has 0 aliphatic heterocycles. The molecule has 0 fully saturated rings. The Kier molecular flexibility index (Phi) is 6.08. The number of aryl methyl sites for hydroxylation is 1. The van der Waals surface area contributed by atoms with Crippen molar-refractivity contribution in [2.75, 3.05) is 19.5 Å². The summed E-state index contributed by atoms with van der Waals surface area (Å²) < 4.78 is 16.6. The molecule has 2 aromatic carbocycles. The molecule has 1 heterocycles. The number of nitrogens with zero attached hydrogens (tertiary/aromatic N) is 2. The third-order valence-electron chi connectivity index (χ3n) is 3.82. The summed E-state index contributed by atoms with van der Waals surface area (Å²) in [7, 11) is 3.13. The maximum Gasteiger partial charge on any atom is 0.227 e. The molecular weight excluding hydrogens is 414 g/mol. The van der Waals surface area contributed by atoms with Crippen LogP contribution in [0.2, 0.25) is 0 Å². The molecule has 27 heavy (non-hydrogen) atoms. The fourth-order valence-electron chi connectivity index (χ4n) is 2.44. The van der Waals surface area contributed by atoms with E-state index in [4.69, 9.17) is 14.0 Å². The van der Waals surface area contributed by atoms with Crippen LogP contribution in [-0.2, 0) is 11.2 Å². The Bertz CT molecular complexity index is 942. The number of methoxy groups -OCH3 is 2. The molecule has 0 radical (unpaired) electrons. The molecule has 140 valence electrons. The molecule has 0 aliphatic rings. The maximum absolute atomic E-state index is 12.1. The first-order valence-corrected chi connectivity index (χ1v) is 8.99. The topological polar surface area (TPSA) is 86.5 Å². The van der Waals surface area contributed by atoms with Crippen molar-refractivity contribution in [1.29, 1.82) is 0 Å². The normalized spacial score (nSPS) is 10.5. The first-order valence-electron chi connectivity index (χ1n) is 8.20. The summed E-state index contributed by atoms with van der Waals surface area (Å²) in [6.45, 7) is 0. The molecule has 0 spiro atoms. The summed E-state index contributed by atoms with van der Waals surface area (Å²) >= 11 is 3.40. The van der Waals surface area contributed by atoms with Crippen LogP contribution in [0.5, 0.6) is 11.5 Å². The smallest absolute Gasteiger partial charge is 0.227 e. The van der Waals surface area contributed by atoms with Crippen LogP contribution in [0.4, 0.5) is 5.69 Å². The first-order chi connectivity index (χ1) is 13.1. The van der Waals surface area contributed by atoms with E-state index in [0.717, 1.165) is 15.7 Å². The van der Waals surface area contributed by atoms with Crippen molar-refractivity contribution in [3.63, 3.8) is 0 Å². The Morgan fingerprint density at radius 3 is 2.67 bits per heavy atom. The summed E-state index contributed by atoms with van der Waals surface area (Å²) in [5, 5.41) is 6.81. The Hall–Kier alpha value is -2.87. The van der Waals surface area contributed by atoms with Crippen LogP contribution >= 0.6 is 15.9 Å². The number of para-hydroxylation sites is 1. The average Bonchev–Trinajstić information content (AvgIpc) is 3.16. The zero-order valence-corrected chi connectivity index (χ0v) is 16.4. The highest BCUT2D eigenvalue weighted by Crippen LogP contribution is 2.31. The van der Waals surface area contributed by atoms with E-state index < -0.39 is 0 Å². The lowest BCUT2D eigenvalue weighted by molar-refractivity contribution is -0.116. The lowest BCUT2D eigenvalue weighted by atomic mass is 10.2. The minimum Gasteiger partial charge on any atom is -0.493 e. The highest BCUT2D eigenvalue weighted by atomic mass is 79.9. The second-order valence-electron chi connectivity index (χ2n) is 5.61. The monoisotopic (exact) mass is 431 g/mol. The van der Waals surface area contributed by atoms with E-state index in [9.17, 15) is 4.79 Å². The number of ether oxygens (including phenoxy) is 2. The van der Waals surface area contributed by atoms with Crippen LogP contribution in [0.25, 0.3) is 11.4 Å². The number of aromatic nitrogens is 2. The predicted octanol–water partition coefficient (Wildman–Crippen LogP) is 4.09. The summed E-state index contributed by atoms with van der Waals surface area (Å²) in [5.41, 5.74) is 1.46. The van der Waals surface area contributed by atoms with Crippen LogP contribution < -0.4 is 14.8 Å². The summed E-state index contributed by atoms with van der Waals surface area (Å²) in [6, 6.07) is 12.8. The van der Waals surface area contributed by atoms with Gasteiger partial charge < -0.3 is 19.3 Å². The van der Waals surface area contributed by atoms with Gasteiger partial charge in [-0.25, -0.2) is 0 Å². The largest absolute Gasteiger partial charge is 0.493 e. The SMILES string of the molecule is COc1ccc(-c2noc(CCC(=O)Nc3ccccc3Br)n2)cc1OC. The van der Waals surface area contributed by atoms with Gasteiger partial charge in [0.25, 0.3) is 0 Å². The van der Waals surface area contributed by atoms with Gasteiger partial charge in [-0.05, 0) is 46.3 Å². The number of hydrogen-bond acceptors (Lipinski definition) is 6. The van der Waals surface area contributed by atoms with Crippen LogP contribution in [0.3, 0.4) is 0 Å². The van der Waals surface area contributed by atoms with Crippen molar-refractivity contribution < 1.29 is 18.8 Å². The molecule has 0 saturated heterocycles. The van der Waals surface area contributed by atoms with Crippen LogP contribution in [0, 0.1) is 0 Å². The Labute approximate surface area is 164 Å². The van der Waals surface area contributed by atoms with E-state index >= 15 is 0 Å². The van der Waals surface area contributed by atoms with Crippen LogP contribution in [0.15, 0.2) is 51.5 Å². The lowest BCUT2D eigenvalue weighted by Crippen LogP contribution is -2.12. The molecule has 7 nitrogen and oxygen atoms in total. The Morgan fingerprint density at radius 1 is 1.15 bits per heavy atom. The van der Waals surface area contributed by atoms with Crippen molar-refractivity contribution in [2.45, 2.75) is 12.8 Å². The van der Waals surface area contributed by atoms with E-state index in [-0.39, 0.29) is 12.3 Å². The van der Waals surface area contributed by atoms with Gasteiger partial charge in [0.05, 0.1) is 19.9 Å². The molecule has 8 heteroatoms. The average molecular weight is 432 g/mol. The fourth-order valence-corrected chi connectivity index (χ4v) is 2.83. The molecule has 0 aliphatic carbocycles. The quantitative estimate of drug-likeness (QED) is 0.606. The van der Waals surface area contributed by atoms with Gasteiger partial charge in [0.2, 0.25) is 17.6 Å². The molecule has 0 atom stereocenters. The number of nitrogens with one attached hydrogen (secondary N) is 1. The van der Waals surface area contributed by atoms with E-state index in [1.54, 1.807) is 26.4 Å². The van der Waals surface area contributed by atoms with E-state index in [1.165, 1.54) is 0 Å². The maximum atomic E-state index is 12.1. The Morgan fingerprint density at radius 2 is 1.93 bits per heavy atom. The van der Waals surface area contributed by atoms with Crippen LogP contribution in [0.1, 0.15) is 12.3 Å². The number of carbonyl (C=O) groups excluding carboxylic acids is 1. The van der Waals surface area contributed by atoms with Gasteiger partial charge in [-0.15, -0.1) is 0 Å². The molecule has 0 bridgehead atoms. The number of halogens is 1. The minimum atomic E-state index is -0.132. The van der Waals surface area contributed by atoms with Gasteiger partial charge in [-0.1, -0.05) is 17.3 Å². The minimum absolute atomic E-state index is 0.132. The second kappa shape index (κ2) is 8.68. The van der Waals surface area contributed by atoms with Crippen LogP contribution in [-0.4, -0.2) is 30.3 Å². The zero-order valence-electron chi connectivity index (χ0n) is 14.9. The molecule has 0 saturated carbocycles. The number of amides is 1. The first kappa shape index (κ1) is 18.9. The molecule has 0 unspecified atom stereocenters. The van der Waals surface area contributed by atoms with Gasteiger partial charge in [0.1, 0.15) is 0 Å². The standard InChI is InChI=1S/C19H18BrN3O4/c1-25-15-8-7-12(11-16(15)26-2)19-22-18(27-23-19)10-9-17(24)21-14-6-4-3-5-13(14)20/h3-8,11H,9-10H2,1-2H3,(H,21,24). The van der Waals surface area contributed by atoms with E-state index in [1.807, 2.05) is 30.3 Å². The second-order valence-corrected chi connectivity index (χ2v) is 6.46. The van der Waals surface area contributed by atoms with E-state index in [2.05, 4.69) is 31.4 Å². The number of rotatable bonds is 7. The fraction of sp³-hybridized carbons (Fsp3) is 0.211. The highest BCUT2D eigenvalue weighted by Gasteiger charge is 2.13. The van der Waals surface area contributed by atoms with Gasteiger partial charge in [-0.2, -0.15) is 4.98 Å².